The standard InChI is InChI=1S/C17H26N2OS/c1-21-17(13-18)7-9-19(10-8-17)12-14-6-11-20-16-5-3-2-4-15(14)16/h2-5,14H,6-13,18H2,1H3. The van der Waals surface area contributed by atoms with Crippen LogP contribution in [0, 0.1) is 0 Å². The number of para-hydroxylation sites is 1. The maximum atomic E-state index is 5.99. The predicted molar refractivity (Wildman–Crippen MR) is 90.3 cm³/mol. The number of fused-ring (bicyclic) bond motifs is 1. The maximum Gasteiger partial charge on any atom is 0.122 e. The Labute approximate surface area is 132 Å². The van der Waals surface area contributed by atoms with Crippen LogP contribution in [0.2, 0.25) is 0 Å². The summed E-state index contributed by atoms with van der Waals surface area (Å²) in [6.45, 7) is 5.18. The summed E-state index contributed by atoms with van der Waals surface area (Å²) in [5.41, 5.74) is 7.38. The van der Waals surface area contributed by atoms with Crippen LogP contribution in [0.25, 0.3) is 0 Å². The van der Waals surface area contributed by atoms with E-state index in [0.29, 0.717) is 10.7 Å². The highest BCUT2D eigenvalue weighted by Gasteiger charge is 2.33. The Morgan fingerprint density at radius 2 is 2.10 bits per heavy atom. The van der Waals surface area contributed by atoms with Gasteiger partial charge in [0.15, 0.2) is 0 Å². The molecular weight excluding hydrogens is 280 g/mol. The molecule has 1 saturated heterocycles. The molecule has 116 valence electrons. The second kappa shape index (κ2) is 6.59. The van der Waals surface area contributed by atoms with E-state index in [4.69, 9.17) is 10.5 Å². The van der Waals surface area contributed by atoms with Crippen molar-refractivity contribution in [2.75, 3.05) is 39.0 Å². The molecule has 21 heavy (non-hydrogen) atoms. The van der Waals surface area contributed by atoms with Crippen LogP contribution >= 0.6 is 11.8 Å². The number of ether oxygens (including phenoxy) is 1. The quantitative estimate of drug-likeness (QED) is 0.928. The van der Waals surface area contributed by atoms with Gasteiger partial charge >= 0.3 is 0 Å². The summed E-state index contributed by atoms with van der Waals surface area (Å²) in [4.78, 5) is 2.62. The fourth-order valence-electron chi connectivity index (χ4n) is 3.55. The first-order valence-corrected chi connectivity index (χ1v) is 9.18. The Bertz CT molecular complexity index is 466. The van der Waals surface area contributed by atoms with Gasteiger partial charge in [0.2, 0.25) is 0 Å². The third-order valence-electron chi connectivity index (χ3n) is 5.13. The van der Waals surface area contributed by atoms with Crippen LogP contribution in [-0.2, 0) is 0 Å². The summed E-state index contributed by atoms with van der Waals surface area (Å²) >= 11 is 1.96. The van der Waals surface area contributed by atoms with Gasteiger partial charge in [-0.3, -0.25) is 0 Å². The number of rotatable bonds is 4. The first-order valence-electron chi connectivity index (χ1n) is 7.96. The molecule has 3 rings (SSSR count). The highest BCUT2D eigenvalue weighted by atomic mass is 32.2. The normalized spacial score (nSPS) is 25.1. The number of nitrogens with zero attached hydrogens (tertiary/aromatic N) is 1. The lowest BCUT2D eigenvalue weighted by Gasteiger charge is -2.41. The van der Waals surface area contributed by atoms with Gasteiger partial charge in [0, 0.05) is 23.8 Å². The van der Waals surface area contributed by atoms with Crippen molar-refractivity contribution in [3.05, 3.63) is 29.8 Å². The smallest absolute Gasteiger partial charge is 0.122 e. The van der Waals surface area contributed by atoms with Gasteiger partial charge in [-0.05, 0) is 50.2 Å². The zero-order valence-corrected chi connectivity index (χ0v) is 13.7. The van der Waals surface area contributed by atoms with E-state index < -0.39 is 0 Å². The molecule has 1 fully saturated rings. The number of hydrogen-bond donors (Lipinski definition) is 1. The third-order valence-corrected chi connectivity index (χ3v) is 6.57. The minimum atomic E-state index is 0.323. The van der Waals surface area contributed by atoms with Gasteiger partial charge in [-0.25, -0.2) is 0 Å². The van der Waals surface area contributed by atoms with Gasteiger partial charge < -0.3 is 15.4 Å². The van der Waals surface area contributed by atoms with Gasteiger partial charge in [0.25, 0.3) is 0 Å². The zero-order chi connectivity index (χ0) is 14.7. The first kappa shape index (κ1) is 15.2. The number of nitrogens with two attached hydrogens (primary N) is 1. The number of thioether (sulfide) groups is 1. The van der Waals surface area contributed by atoms with Crippen molar-refractivity contribution in [3.8, 4) is 5.75 Å². The van der Waals surface area contributed by atoms with E-state index >= 15 is 0 Å². The van der Waals surface area contributed by atoms with Crippen LogP contribution < -0.4 is 10.5 Å². The van der Waals surface area contributed by atoms with Crippen LogP contribution in [0.5, 0.6) is 5.75 Å². The topological polar surface area (TPSA) is 38.5 Å². The fourth-order valence-corrected chi connectivity index (χ4v) is 4.31. The monoisotopic (exact) mass is 306 g/mol. The largest absolute Gasteiger partial charge is 0.493 e. The predicted octanol–water partition coefficient (Wildman–Crippen LogP) is 2.71. The van der Waals surface area contributed by atoms with Gasteiger partial charge in [-0.1, -0.05) is 18.2 Å². The summed E-state index contributed by atoms with van der Waals surface area (Å²) in [5, 5.41) is 0. The lowest BCUT2D eigenvalue weighted by Crippen LogP contribution is -2.47. The molecule has 0 amide bonds. The average Bonchev–Trinajstić information content (AvgIpc) is 2.56. The lowest BCUT2D eigenvalue weighted by atomic mass is 9.90. The van der Waals surface area contributed by atoms with E-state index in [1.807, 2.05) is 11.8 Å². The molecule has 2 N–H and O–H groups in total. The maximum absolute atomic E-state index is 5.99. The summed E-state index contributed by atoms with van der Waals surface area (Å²) in [5.74, 6) is 1.71. The Balaban J connectivity index is 1.62. The zero-order valence-electron chi connectivity index (χ0n) is 12.9. The SMILES string of the molecule is CSC1(CN)CCN(CC2CCOc3ccccc32)CC1. The molecule has 1 unspecified atom stereocenters. The third kappa shape index (κ3) is 3.22. The van der Waals surface area contributed by atoms with Crippen LogP contribution in [-0.4, -0.2) is 48.7 Å². The Morgan fingerprint density at radius 3 is 2.81 bits per heavy atom. The lowest BCUT2D eigenvalue weighted by molar-refractivity contribution is 0.172. The molecule has 4 heteroatoms. The Morgan fingerprint density at radius 1 is 1.33 bits per heavy atom. The number of hydrogen-bond acceptors (Lipinski definition) is 4. The Hall–Kier alpha value is -0.710. The van der Waals surface area contributed by atoms with E-state index in [-0.39, 0.29) is 0 Å². The number of likely N-dealkylation sites (tertiary alicyclic amines) is 1. The highest BCUT2D eigenvalue weighted by Crippen LogP contribution is 2.37. The van der Waals surface area contributed by atoms with Gasteiger partial charge in [-0.15, -0.1) is 0 Å². The van der Waals surface area contributed by atoms with Crippen molar-refractivity contribution >= 4 is 11.8 Å². The average molecular weight is 306 g/mol. The van der Waals surface area contributed by atoms with E-state index in [2.05, 4.69) is 35.4 Å². The van der Waals surface area contributed by atoms with Gasteiger partial charge in [0.1, 0.15) is 5.75 Å². The van der Waals surface area contributed by atoms with Crippen LogP contribution in [0.15, 0.2) is 24.3 Å². The molecule has 0 bridgehead atoms. The second-order valence-corrected chi connectivity index (χ2v) is 7.54. The van der Waals surface area contributed by atoms with Crippen molar-refractivity contribution in [2.45, 2.75) is 29.9 Å². The number of piperidine rings is 1. The molecule has 2 heterocycles. The highest BCUT2D eigenvalue weighted by molar-refractivity contribution is 8.00. The molecule has 0 saturated carbocycles. The van der Waals surface area contributed by atoms with Gasteiger partial charge in [0.05, 0.1) is 6.61 Å². The summed E-state index contributed by atoms with van der Waals surface area (Å²) in [7, 11) is 0. The molecular formula is C17H26N2OS. The molecule has 1 aromatic carbocycles. The van der Waals surface area contributed by atoms with E-state index in [9.17, 15) is 0 Å². The van der Waals surface area contributed by atoms with E-state index in [1.165, 1.54) is 31.5 Å². The van der Waals surface area contributed by atoms with Crippen molar-refractivity contribution in [2.24, 2.45) is 5.73 Å². The summed E-state index contributed by atoms with van der Waals surface area (Å²) in [6.07, 6.45) is 5.78. The minimum absolute atomic E-state index is 0.323. The summed E-state index contributed by atoms with van der Waals surface area (Å²) < 4.78 is 6.10. The van der Waals surface area contributed by atoms with Crippen molar-refractivity contribution in [1.29, 1.82) is 0 Å². The molecule has 3 nitrogen and oxygen atoms in total. The van der Waals surface area contributed by atoms with Gasteiger partial charge in [-0.2, -0.15) is 11.8 Å². The van der Waals surface area contributed by atoms with Crippen molar-refractivity contribution in [1.82, 2.24) is 4.90 Å². The fraction of sp³-hybridized carbons (Fsp3) is 0.647. The van der Waals surface area contributed by atoms with Crippen LogP contribution in [0.3, 0.4) is 0 Å². The number of benzene rings is 1. The van der Waals surface area contributed by atoms with Crippen molar-refractivity contribution in [3.63, 3.8) is 0 Å². The molecule has 1 atom stereocenters. The van der Waals surface area contributed by atoms with Crippen LogP contribution in [0.1, 0.15) is 30.7 Å². The minimum Gasteiger partial charge on any atom is -0.493 e. The first-order chi connectivity index (χ1) is 10.3. The Kier molecular flexibility index (Phi) is 4.77. The molecule has 2 aliphatic heterocycles. The molecule has 0 spiro atoms. The van der Waals surface area contributed by atoms with Crippen LogP contribution in [0.4, 0.5) is 0 Å². The van der Waals surface area contributed by atoms with Crippen molar-refractivity contribution < 1.29 is 4.74 Å². The second-order valence-electron chi connectivity index (χ2n) is 6.26. The van der Waals surface area contributed by atoms with E-state index in [0.717, 1.165) is 31.9 Å². The molecule has 0 aromatic heterocycles. The summed E-state index contributed by atoms with van der Waals surface area (Å²) in [6, 6.07) is 8.53. The van der Waals surface area contributed by atoms with E-state index in [1.54, 1.807) is 0 Å². The molecule has 0 aliphatic carbocycles. The molecule has 0 radical (unpaired) electrons. The molecule has 1 aromatic rings. The molecule has 2 aliphatic rings.